The summed E-state index contributed by atoms with van der Waals surface area (Å²) in [6.07, 6.45) is 3.60. The molecule has 2 nitrogen and oxygen atoms in total. The number of pyridine rings is 1. The Labute approximate surface area is 113 Å². The van der Waals surface area contributed by atoms with Crippen LogP contribution in [0.4, 0.5) is 0 Å². The topological polar surface area (TPSA) is 26.0 Å². The van der Waals surface area contributed by atoms with Gasteiger partial charge in [-0.15, -0.1) is 11.6 Å². The lowest BCUT2D eigenvalue weighted by Gasteiger charge is -2.18. The fourth-order valence-corrected chi connectivity index (χ4v) is 2.76. The molecule has 0 spiro atoms. The Kier molecular flexibility index (Phi) is 3.76. The summed E-state index contributed by atoms with van der Waals surface area (Å²) in [6, 6.07) is 4.02. The standard InChI is InChI=1S/C15H18ClNO/c1-9-11(3)18-12(4)14(9)15(16)10(2)13-5-7-17-8-6-13/h5-8,10,15H,1-4H3. The Morgan fingerprint density at radius 1 is 1.11 bits per heavy atom. The molecule has 0 aliphatic carbocycles. The van der Waals surface area contributed by atoms with Crippen LogP contribution in [0.1, 0.15) is 46.4 Å². The zero-order valence-corrected chi connectivity index (χ0v) is 12.0. The van der Waals surface area contributed by atoms with E-state index in [1.165, 1.54) is 5.56 Å². The summed E-state index contributed by atoms with van der Waals surface area (Å²) in [5.41, 5.74) is 3.48. The van der Waals surface area contributed by atoms with Gasteiger partial charge < -0.3 is 4.42 Å². The average Bonchev–Trinajstić information content (AvgIpc) is 2.63. The largest absolute Gasteiger partial charge is 0.466 e. The molecule has 0 aromatic carbocycles. The first-order valence-electron chi connectivity index (χ1n) is 6.12. The highest BCUT2D eigenvalue weighted by Gasteiger charge is 2.25. The van der Waals surface area contributed by atoms with Crippen molar-refractivity contribution in [1.29, 1.82) is 0 Å². The maximum atomic E-state index is 6.63. The third kappa shape index (κ3) is 2.30. The molecule has 0 N–H and O–H groups in total. The summed E-state index contributed by atoms with van der Waals surface area (Å²) in [5.74, 6) is 2.10. The SMILES string of the molecule is Cc1oc(C)c(C(Cl)C(C)c2ccncc2)c1C. The number of alkyl halides is 1. The van der Waals surface area contributed by atoms with Gasteiger partial charge in [0, 0.05) is 23.9 Å². The quantitative estimate of drug-likeness (QED) is 0.752. The predicted octanol–water partition coefficient (Wildman–Crippen LogP) is 4.68. The van der Waals surface area contributed by atoms with Gasteiger partial charge in [0.25, 0.3) is 0 Å². The Morgan fingerprint density at radius 3 is 2.22 bits per heavy atom. The average molecular weight is 264 g/mol. The third-order valence-electron chi connectivity index (χ3n) is 3.56. The molecule has 0 amide bonds. The number of nitrogens with zero attached hydrogens (tertiary/aromatic N) is 1. The van der Waals surface area contributed by atoms with E-state index in [0.29, 0.717) is 0 Å². The lowest BCUT2D eigenvalue weighted by molar-refractivity contribution is 0.498. The minimum absolute atomic E-state index is 0.0788. The lowest BCUT2D eigenvalue weighted by Crippen LogP contribution is -2.04. The van der Waals surface area contributed by atoms with E-state index in [9.17, 15) is 0 Å². The molecule has 3 heteroatoms. The Balaban J connectivity index is 2.34. The third-order valence-corrected chi connectivity index (χ3v) is 4.16. The normalized spacial score (nSPS) is 14.5. The van der Waals surface area contributed by atoms with Crippen LogP contribution in [0.3, 0.4) is 0 Å². The summed E-state index contributed by atoms with van der Waals surface area (Å²) >= 11 is 6.63. The van der Waals surface area contributed by atoms with Crippen molar-refractivity contribution in [2.45, 2.75) is 39.0 Å². The van der Waals surface area contributed by atoms with E-state index in [4.69, 9.17) is 16.0 Å². The van der Waals surface area contributed by atoms with E-state index in [2.05, 4.69) is 18.8 Å². The molecule has 2 atom stereocenters. The first-order valence-corrected chi connectivity index (χ1v) is 6.56. The molecule has 0 bridgehead atoms. The second kappa shape index (κ2) is 5.15. The van der Waals surface area contributed by atoms with Crippen LogP contribution in [-0.4, -0.2) is 4.98 Å². The Hall–Kier alpha value is -1.28. The van der Waals surface area contributed by atoms with Gasteiger partial charge in [-0.05, 0) is 44.0 Å². The fraction of sp³-hybridized carbons (Fsp3) is 0.400. The number of furan rings is 1. The van der Waals surface area contributed by atoms with Crippen molar-refractivity contribution in [1.82, 2.24) is 4.98 Å². The maximum Gasteiger partial charge on any atom is 0.106 e. The number of aryl methyl sites for hydroxylation is 2. The van der Waals surface area contributed by atoms with Gasteiger partial charge in [0.05, 0.1) is 5.38 Å². The zero-order chi connectivity index (χ0) is 13.3. The highest BCUT2D eigenvalue weighted by molar-refractivity contribution is 6.21. The minimum Gasteiger partial charge on any atom is -0.466 e. The molecule has 0 aliphatic rings. The monoisotopic (exact) mass is 263 g/mol. The number of rotatable bonds is 3. The highest BCUT2D eigenvalue weighted by atomic mass is 35.5. The van der Waals surface area contributed by atoms with Crippen LogP contribution in [0.15, 0.2) is 28.9 Å². The van der Waals surface area contributed by atoms with Crippen LogP contribution < -0.4 is 0 Å². The molecule has 2 unspecified atom stereocenters. The molecule has 2 aromatic heterocycles. The van der Waals surface area contributed by atoms with Crippen molar-refractivity contribution in [3.63, 3.8) is 0 Å². The highest BCUT2D eigenvalue weighted by Crippen LogP contribution is 2.40. The van der Waals surface area contributed by atoms with Gasteiger partial charge in [-0.1, -0.05) is 6.92 Å². The van der Waals surface area contributed by atoms with Gasteiger partial charge in [-0.3, -0.25) is 4.98 Å². The van der Waals surface area contributed by atoms with Crippen molar-refractivity contribution >= 4 is 11.6 Å². The van der Waals surface area contributed by atoms with Gasteiger partial charge in [-0.25, -0.2) is 0 Å². The molecule has 0 aliphatic heterocycles. The molecule has 96 valence electrons. The van der Waals surface area contributed by atoms with E-state index in [-0.39, 0.29) is 11.3 Å². The number of hydrogen-bond donors (Lipinski definition) is 0. The van der Waals surface area contributed by atoms with E-state index in [0.717, 1.165) is 22.6 Å². The maximum absolute atomic E-state index is 6.63. The second-order valence-electron chi connectivity index (χ2n) is 4.72. The van der Waals surface area contributed by atoms with E-state index < -0.39 is 0 Å². The molecular formula is C15H18ClNO. The van der Waals surface area contributed by atoms with Crippen LogP contribution >= 0.6 is 11.6 Å². The first kappa shape index (κ1) is 13.2. The van der Waals surface area contributed by atoms with Crippen molar-refractivity contribution in [3.8, 4) is 0 Å². The van der Waals surface area contributed by atoms with Gasteiger partial charge in [-0.2, -0.15) is 0 Å². The number of hydrogen-bond acceptors (Lipinski definition) is 2. The van der Waals surface area contributed by atoms with Crippen LogP contribution in [0.25, 0.3) is 0 Å². The smallest absolute Gasteiger partial charge is 0.106 e. The fourth-order valence-electron chi connectivity index (χ4n) is 2.30. The van der Waals surface area contributed by atoms with Gasteiger partial charge in [0.15, 0.2) is 0 Å². The van der Waals surface area contributed by atoms with Gasteiger partial charge >= 0.3 is 0 Å². The molecule has 0 saturated heterocycles. The van der Waals surface area contributed by atoms with Crippen LogP contribution in [0.5, 0.6) is 0 Å². The Bertz CT molecular complexity index is 533. The molecule has 0 radical (unpaired) electrons. The van der Waals surface area contributed by atoms with Crippen LogP contribution in [0.2, 0.25) is 0 Å². The predicted molar refractivity (Wildman–Crippen MR) is 74.2 cm³/mol. The summed E-state index contributed by atoms with van der Waals surface area (Å²) in [5, 5.41) is -0.0788. The summed E-state index contributed by atoms with van der Waals surface area (Å²) in [4.78, 5) is 4.04. The lowest BCUT2D eigenvalue weighted by atomic mass is 9.92. The zero-order valence-electron chi connectivity index (χ0n) is 11.2. The molecule has 2 heterocycles. The number of aromatic nitrogens is 1. The van der Waals surface area contributed by atoms with Gasteiger partial charge in [0.2, 0.25) is 0 Å². The summed E-state index contributed by atoms with van der Waals surface area (Å²) in [7, 11) is 0. The molecule has 0 fully saturated rings. The van der Waals surface area contributed by atoms with Crippen molar-refractivity contribution in [3.05, 3.63) is 52.7 Å². The first-order chi connectivity index (χ1) is 8.52. The molecule has 2 rings (SSSR count). The van der Waals surface area contributed by atoms with Crippen LogP contribution in [0, 0.1) is 20.8 Å². The minimum atomic E-state index is -0.0788. The Morgan fingerprint density at radius 2 is 1.72 bits per heavy atom. The van der Waals surface area contributed by atoms with Crippen molar-refractivity contribution < 1.29 is 4.42 Å². The molecule has 18 heavy (non-hydrogen) atoms. The molecular weight excluding hydrogens is 246 g/mol. The number of halogens is 1. The van der Waals surface area contributed by atoms with E-state index >= 15 is 0 Å². The molecule has 2 aromatic rings. The van der Waals surface area contributed by atoms with Gasteiger partial charge in [0.1, 0.15) is 11.5 Å². The van der Waals surface area contributed by atoms with Crippen molar-refractivity contribution in [2.24, 2.45) is 0 Å². The second-order valence-corrected chi connectivity index (χ2v) is 5.19. The summed E-state index contributed by atoms with van der Waals surface area (Å²) in [6.45, 7) is 8.15. The van der Waals surface area contributed by atoms with E-state index in [1.807, 2.05) is 26.0 Å². The summed E-state index contributed by atoms with van der Waals surface area (Å²) < 4.78 is 5.66. The van der Waals surface area contributed by atoms with Crippen molar-refractivity contribution in [2.75, 3.05) is 0 Å². The molecule has 0 saturated carbocycles. The van der Waals surface area contributed by atoms with Crippen LogP contribution in [-0.2, 0) is 0 Å². The van der Waals surface area contributed by atoms with E-state index in [1.54, 1.807) is 12.4 Å².